The molecule has 2 aromatic rings. The third kappa shape index (κ3) is 14.0. The molecule has 1 aromatic carbocycles. The van der Waals surface area contributed by atoms with Gasteiger partial charge in [-0.3, -0.25) is 32.8 Å². The van der Waals surface area contributed by atoms with E-state index in [9.17, 15) is 28.5 Å². The monoisotopic (exact) mass is 846 g/mol. The number of carbonyl (C=O) groups is 5. The molecule has 326 valence electrons. The summed E-state index contributed by atoms with van der Waals surface area (Å²) in [7, 11) is -2.91. The van der Waals surface area contributed by atoms with E-state index < -0.39 is 74.1 Å². The van der Waals surface area contributed by atoms with E-state index in [4.69, 9.17) is 33.0 Å². The Kier molecular flexibility index (Phi) is 16.8. The number of carbonyl (C=O) groups excluding carboxylic acids is 5. The van der Waals surface area contributed by atoms with Crippen LogP contribution in [0, 0.1) is 10.8 Å². The smallest absolute Gasteiger partial charge is 0.409 e. The lowest BCUT2D eigenvalue weighted by Crippen LogP contribution is -2.57. The van der Waals surface area contributed by atoms with Crippen LogP contribution in [0.2, 0.25) is 0 Å². The molecular weight excluding hydrogens is 787 g/mol. The summed E-state index contributed by atoms with van der Waals surface area (Å²) >= 11 is 0. The molecule has 3 amide bonds. The number of piperazine rings is 1. The average Bonchev–Trinajstić information content (AvgIpc) is 3.69. The van der Waals surface area contributed by atoms with E-state index in [1.807, 2.05) is 30.0 Å². The Hall–Kier alpha value is -4.64. The molecule has 2 aliphatic heterocycles. The Labute approximate surface area is 346 Å². The lowest BCUT2D eigenvalue weighted by Gasteiger charge is -2.36. The van der Waals surface area contributed by atoms with E-state index in [2.05, 4.69) is 10.3 Å². The van der Waals surface area contributed by atoms with Gasteiger partial charge in [-0.1, -0.05) is 43.7 Å². The minimum Gasteiger partial charge on any atom is -0.449 e. The maximum absolute atomic E-state index is 14.5. The number of benzene rings is 1. The van der Waals surface area contributed by atoms with Gasteiger partial charge in [-0.05, 0) is 54.4 Å². The number of hydrogen-bond acceptors (Lipinski definition) is 15. The van der Waals surface area contributed by atoms with Gasteiger partial charge in [0.1, 0.15) is 17.6 Å². The van der Waals surface area contributed by atoms with E-state index in [0.717, 1.165) is 12.8 Å². The topological polar surface area (TPSA) is 205 Å². The lowest BCUT2D eigenvalue weighted by atomic mass is 9.98. The molecule has 2 atom stereocenters. The number of anilines is 1. The lowest BCUT2D eigenvalue weighted by molar-refractivity contribution is -0.162. The van der Waals surface area contributed by atoms with Crippen molar-refractivity contribution in [3.8, 4) is 11.4 Å². The Balaban J connectivity index is 1.66. The van der Waals surface area contributed by atoms with Crippen LogP contribution in [-0.4, -0.2) is 134 Å². The van der Waals surface area contributed by atoms with Crippen LogP contribution in [0.15, 0.2) is 36.4 Å². The van der Waals surface area contributed by atoms with Gasteiger partial charge >= 0.3 is 25.6 Å². The fourth-order valence-corrected chi connectivity index (χ4v) is 7.23. The third-order valence-corrected chi connectivity index (χ3v) is 11.3. The standard InChI is InChI=1S/C40H59N6O12P/c1-9-10-22-54-38(51)45-20-18-44(19-21-45)35(48)31(25-59(52,57-26-55-36(49)39(2,3)4)58-27-56-37(50)40(5,6)7)42-34(47)30-23-32(46-17-16-29(24-46)53-8)43-33(41-30)28-14-12-11-13-15-28/h11-15,23,29,31H,9-10,16-22,24-27H2,1-8H3,(H,42,47). The summed E-state index contributed by atoms with van der Waals surface area (Å²) in [6, 6.07) is 9.01. The Bertz CT molecular complexity index is 1770. The van der Waals surface area contributed by atoms with Crippen molar-refractivity contribution >= 4 is 43.3 Å². The van der Waals surface area contributed by atoms with Gasteiger partial charge in [0, 0.05) is 58.0 Å². The maximum atomic E-state index is 14.5. The highest BCUT2D eigenvalue weighted by Gasteiger charge is 2.39. The first kappa shape index (κ1) is 47.0. The molecule has 18 nitrogen and oxygen atoms in total. The number of unbranched alkanes of at least 4 members (excludes halogenated alkanes) is 1. The zero-order chi connectivity index (χ0) is 43.4. The SMILES string of the molecule is CCCCOC(=O)N1CCN(C(=O)C(CP(=O)(OCOC(=O)C(C)(C)C)OCOC(=O)C(C)(C)C)NC(=O)c2cc(N3CCC(OC)C3)nc(-c3ccccc3)n2)CC1. The number of amides is 3. The Morgan fingerprint density at radius 3 is 1.98 bits per heavy atom. The van der Waals surface area contributed by atoms with Crippen molar-refractivity contribution in [2.45, 2.75) is 79.9 Å². The number of aromatic nitrogens is 2. The molecule has 1 aromatic heterocycles. The third-order valence-electron chi connectivity index (χ3n) is 9.47. The van der Waals surface area contributed by atoms with Gasteiger partial charge in [0.15, 0.2) is 5.82 Å². The molecule has 3 heterocycles. The highest BCUT2D eigenvalue weighted by atomic mass is 31.2. The van der Waals surface area contributed by atoms with Crippen molar-refractivity contribution in [2.75, 3.05) is 77.6 Å². The predicted octanol–water partition coefficient (Wildman–Crippen LogP) is 4.87. The number of hydrogen-bond donors (Lipinski definition) is 1. The van der Waals surface area contributed by atoms with Gasteiger partial charge in [-0.25, -0.2) is 14.8 Å². The van der Waals surface area contributed by atoms with Crippen molar-refractivity contribution < 1.29 is 56.5 Å². The van der Waals surface area contributed by atoms with E-state index in [0.29, 0.717) is 30.9 Å². The van der Waals surface area contributed by atoms with Gasteiger partial charge in [-0.2, -0.15) is 0 Å². The Morgan fingerprint density at radius 2 is 1.44 bits per heavy atom. The molecule has 1 N–H and O–H groups in total. The van der Waals surface area contributed by atoms with Crippen LogP contribution in [0.1, 0.15) is 78.2 Å². The number of nitrogens with zero attached hydrogens (tertiary/aromatic N) is 5. The molecule has 0 spiro atoms. The number of esters is 2. The summed E-state index contributed by atoms with van der Waals surface area (Å²) in [4.78, 5) is 80.7. The number of nitrogens with one attached hydrogen (secondary N) is 1. The largest absolute Gasteiger partial charge is 0.449 e. The van der Waals surface area contributed by atoms with Gasteiger partial charge in [0.25, 0.3) is 5.91 Å². The number of rotatable bonds is 17. The summed E-state index contributed by atoms with van der Waals surface area (Å²) < 4.78 is 47.0. The second kappa shape index (κ2) is 21.1. The molecule has 0 bridgehead atoms. The number of ether oxygens (including phenoxy) is 4. The fourth-order valence-electron chi connectivity index (χ4n) is 5.82. The minimum atomic E-state index is -4.54. The highest BCUT2D eigenvalue weighted by molar-refractivity contribution is 7.54. The zero-order valence-electron chi connectivity index (χ0n) is 35.4. The van der Waals surface area contributed by atoms with Gasteiger partial charge in [0.05, 0.1) is 29.7 Å². The summed E-state index contributed by atoms with van der Waals surface area (Å²) in [5, 5.41) is 2.70. The minimum absolute atomic E-state index is 0.0393. The quantitative estimate of drug-likeness (QED) is 0.0742. The van der Waals surface area contributed by atoms with E-state index in [-0.39, 0.29) is 50.4 Å². The van der Waals surface area contributed by atoms with Crippen LogP contribution >= 0.6 is 7.60 Å². The fraction of sp³-hybridized carbons (Fsp3) is 0.625. The highest BCUT2D eigenvalue weighted by Crippen LogP contribution is 2.49. The van der Waals surface area contributed by atoms with Crippen molar-refractivity contribution in [1.82, 2.24) is 25.1 Å². The van der Waals surface area contributed by atoms with Crippen molar-refractivity contribution in [3.63, 3.8) is 0 Å². The van der Waals surface area contributed by atoms with Crippen molar-refractivity contribution in [1.29, 1.82) is 0 Å². The first-order valence-electron chi connectivity index (χ1n) is 19.8. The maximum Gasteiger partial charge on any atom is 0.409 e. The van der Waals surface area contributed by atoms with Crippen LogP contribution in [0.3, 0.4) is 0 Å². The van der Waals surface area contributed by atoms with Crippen molar-refractivity contribution in [3.05, 3.63) is 42.1 Å². The first-order valence-corrected chi connectivity index (χ1v) is 21.5. The summed E-state index contributed by atoms with van der Waals surface area (Å²) in [5.41, 5.74) is -1.29. The zero-order valence-corrected chi connectivity index (χ0v) is 36.3. The molecule has 59 heavy (non-hydrogen) atoms. The normalized spacial score (nSPS) is 16.7. The molecule has 2 fully saturated rings. The summed E-state index contributed by atoms with van der Waals surface area (Å²) in [6.45, 7) is 11.9. The van der Waals surface area contributed by atoms with Crippen LogP contribution < -0.4 is 10.2 Å². The Morgan fingerprint density at radius 1 is 0.847 bits per heavy atom. The summed E-state index contributed by atoms with van der Waals surface area (Å²) in [5.74, 6) is -2.07. The molecule has 19 heteroatoms. The molecular formula is C40H59N6O12P. The molecule has 2 saturated heterocycles. The van der Waals surface area contributed by atoms with E-state index in [1.54, 1.807) is 60.8 Å². The van der Waals surface area contributed by atoms with Crippen LogP contribution in [0.5, 0.6) is 0 Å². The predicted molar refractivity (Wildman–Crippen MR) is 216 cm³/mol. The van der Waals surface area contributed by atoms with E-state index >= 15 is 0 Å². The molecule has 2 unspecified atom stereocenters. The van der Waals surface area contributed by atoms with Gasteiger partial charge in [-0.15, -0.1) is 0 Å². The average molecular weight is 847 g/mol. The van der Waals surface area contributed by atoms with Crippen LogP contribution in [0.25, 0.3) is 11.4 Å². The second-order valence-corrected chi connectivity index (χ2v) is 18.5. The van der Waals surface area contributed by atoms with Crippen molar-refractivity contribution in [2.24, 2.45) is 10.8 Å². The molecule has 0 radical (unpaired) electrons. The summed E-state index contributed by atoms with van der Waals surface area (Å²) in [6.07, 6.45) is 1.01. The van der Waals surface area contributed by atoms with Crippen LogP contribution in [0.4, 0.5) is 10.6 Å². The van der Waals surface area contributed by atoms with Gasteiger partial charge < -0.3 is 39.0 Å². The molecule has 0 aliphatic carbocycles. The number of methoxy groups -OCH3 is 1. The van der Waals surface area contributed by atoms with Crippen LogP contribution in [-0.2, 0) is 46.9 Å². The molecule has 2 aliphatic rings. The van der Waals surface area contributed by atoms with Gasteiger partial charge in [0.2, 0.25) is 19.5 Å². The molecule has 4 rings (SSSR count). The second-order valence-electron chi connectivity index (χ2n) is 16.4. The van der Waals surface area contributed by atoms with E-state index in [1.165, 1.54) is 15.9 Å². The molecule has 0 saturated carbocycles. The first-order chi connectivity index (χ1) is 27.8.